The van der Waals surface area contributed by atoms with E-state index >= 15 is 0 Å². The number of nitrogens with zero attached hydrogens (tertiary/aromatic N) is 3. The summed E-state index contributed by atoms with van der Waals surface area (Å²) < 4.78 is 13.6. The fraction of sp³-hybridized carbons (Fsp3) is 0.261. The van der Waals surface area contributed by atoms with Gasteiger partial charge in [0, 0.05) is 19.6 Å². The van der Waals surface area contributed by atoms with Crippen molar-refractivity contribution >= 4 is 17.7 Å². The summed E-state index contributed by atoms with van der Waals surface area (Å²) in [7, 11) is 0. The van der Waals surface area contributed by atoms with Crippen LogP contribution in [0.3, 0.4) is 0 Å². The number of hydrogen-bond acceptors (Lipinski definition) is 5. The van der Waals surface area contributed by atoms with Crippen LogP contribution in [-0.2, 0) is 0 Å². The summed E-state index contributed by atoms with van der Waals surface area (Å²) >= 11 is 0. The molecule has 1 saturated heterocycles. The topological polar surface area (TPSA) is 107 Å². The van der Waals surface area contributed by atoms with Crippen LogP contribution in [-0.4, -0.2) is 45.3 Å². The number of H-pyrrole nitrogens is 1. The van der Waals surface area contributed by atoms with Gasteiger partial charge in [-0.2, -0.15) is 0 Å². The first-order valence-electron chi connectivity index (χ1n) is 10.4. The van der Waals surface area contributed by atoms with Gasteiger partial charge in [0.1, 0.15) is 23.3 Å². The summed E-state index contributed by atoms with van der Waals surface area (Å²) in [6.07, 6.45) is 7.12. The van der Waals surface area contributed by atoms with Crippen LogP contribution >= 0.6 is 0 Å². The first-order chi connectivity index (χ1) is 15.1. The molecule has 1 aromatic carbocycles. The molecule has 0 radical (unpaired) electrons. The molecule has 0 unspecified atom stereocenters. The van der Waals surface area contributed by atoms with Crippen molar-refractivity contribution in [1.82, 2.24) is 19.9 Å². The van der Waals surface area contributed by atoms with Gasteiger partial charge in [0.25, 0.3) is 0 Å². The first kappa shape index (κ1) is 20.7. The number of amidine groups is 1. The third kappa shape index (κ3) is 4.97. The number of hydrogen-bond donors (Lipinski definition) is 4. The Morgan fingerprint density at radius 2 is 2.19 bits per heavy atom. The zero-order chi connectivity index (χ0) is 21.6. The van der Waals surface area contributed by atoms with Crippen molar-refractivity contribution in [2.24, 2.45) is 5.73 Å². The van der Waals surface area contributed by atoms with E-state index in [1.165, 1.54) is 6.07 Å². The van der Waals surface area contributed by atoms with Crippen molar-refractivity contribution in [2.45, 2.75) is 18.9 Å². The summed E-state index contributed by atoms with van der Waals surface area (Å²) in [6.45, 7) is 1.97. The van der Waals surface area contributed by atoms with E-state index in [0.29, 0.717) is 24.7 Å². The molecule has 0 amide bonds. The molecule has 8 heteroatoms. The van der Waals surface area contributed by atoms with Gasteiger partial charge in [0.15, 0.2) is 0 Å². The molecule has 1 atom stereocenters. The number of likely N-dealkylation sites (tertiary alicyclic amines) is 1. The maximum atomic E-state index is 13.6. The third-order valence-electron chi connectivity index (χ3n) is 5.27. The first-order valence-corrected chi connectivity index (χ1v) is 10.4. The van der Waals surface area contributed by atoms with Gasteiger partial charge in [0.05, 0.1) is 23.6 Å². The Morgan fingerprint density at radius 1 is 1.32 bits per heavy atom. The molecule has 5 N–H and O–H groups in total. The predicted octanol–water partition coefficient (Wildman–Crippen LogP) is 3.81. The molecule has 3 heterocycles. The van der Waals surface area contributed by atoms with Crippen molar-refractivity contribution in [3.63, 3.8) is 0 Å². The van der Waals surface area contributed by atoms with Crippen molar-refractivity contribution < 1.29 is 4.39 Å². The van der Waals surface area contributed by atoms with Gasteiger partial charge in [0.2, 0.25) is 0 Å². The molecule has 4 rings (SSSR count). The molecule has 1 aliphatic heterocycles. The molecular formula is C23H26FN7. The zero-order valence-electron chi connectivity index (χ0n) is 17.2. The zero-order valence-corrected chi connectivity index (χ0v) is 17.2. The largest absolute Gasteiger partial charge is 0.369 e. The minimum atomic E-state index is -0.245. The highest BCUT2D eigenvalue weighted by atomic mass is 19.1. The van der Waals surface area contributed by atoms with E-state index in [1.807, 2.05) is 29.2 Å². The SMILES string of the molecule is N=C(/C=C\c1ncc(-c2cccc(NCCN)n2)[nH]1)N1CCC[C@@H]1c1cccc(F)c1. The lowest BCUT2D eigenvalue weighted by atomic mass is 10.0. The molecule has 0 bridgehead atoms. The quantitative estimate of drug-likeness (QED) is 0.344. The van der Waals surface area contributed by atoms with Crippen LogP contribution in [0, 0.1) is 11.2 Å². The van der Waals surface area contributed by atoms with Gasteiger partial charge in [-0.25, -0.2) is 14.4 Å². The van der Waals surface area contributed by atoms with Crippen molar-refractivity contribution in [3.05, 3.63) is 71.9 Å². The molecule has 0 spiro atoms. The predicted molar refractivity (Wildman–Crippen MR) is 121 cm³/mol. The molecular weight excluding hydrogens is 393 g/mol. The molecule has 3 aromatic rings. The monoisotopic (exact) mass is 419 g/mol. The number of imidazole rings is 1. The smallest absolute Gasteiger partial charge is 0.130 e. The standard InChI is InChI=1S/C23H26FN7/c24-17-5-1-4-16(14-17)20-7-3-13-31(20)21(26)9-10-23-28-15-19(30-23)18-6-2-8-22(29-18)27-12-11-25/h1-2,4-6,8-10,14-15,20,26H,3,7,11-13,25H2,(H,27,29)(H,28,30)/b10-9-,26-21?/t20-/m1/s1. The Kier molecular flexibility index (Phi) is 6.37. The summed E-state index contributed by atoms with van der Waals surface area (Å²) in [5.74, 6) is 1.54. The molecule has 160 valence electrons. The van der Waals surface area contributed by atoms with E-state index in [4.69, 9.17) is 11.1 Å². The van der Waals surface area contributed by atoms with Gasteiger partial charge in [-0.05, 0) is 54.8 Å². The van der Waals surface area contributed by atoms with Crippen molar-refractivity contribution in [2.75, 3.05) is 25.0 Å². The Bertz CT molecular complexity index is 1080. The van der Waals surface area contributed by atoms with Gasteiger partial charge in [-0.3, -0.25) is 5.41 Å². The Morgan fingerprint density at radius 3 is 3.03 bits per heavy atom. The second kappa shape index (κ2) is 9.53. The van der Waals surface area contributed by atoms with E-state index in [9.17, 15) is 4.39 Å². The fourth-order valence-corrected chi connectivity index (χ4v) is 3.80. The second-order valence-corrected chi connectivity index (χ2v) is 7.43. The number of halogens is 1. The number of nitrogens with one attached hydrogen (secondary N) is 3. The lowest BCUT2D eigenvalue weighted by Crippen LogP contribution is -2.28. The fourth-order valence-electron chi connectivity index (χ4n) is 3.80. The lowest BCUT2D eigenvalue weighted by molar-refractivity contribution is 0.399. The molecule has 0 saturated carbocycles. The van der Waals surface area contributed by atoms with Gasteiger partial charge in [-0.1, -0.05) is 18.2 Å². The third-order valence-corrected chi connectivity index (χ3v) is 5.27. The molecule has 1 fully saturated rings. The Balaban J connectivity index is 1.44. The maximum Gasteiger partial charge on any atom is 0.130 e. The second-order valence-electron chi connectivity index (χ2n) is 7.43. The molecule has 2 aromatic heterocycles. The molecule has 31 heavy (non-hydrogen) atoms. The van der Waals surface area contributed by atoms with Crippen LogP contribution in [0.1, 0.15) is 30.3 Å². The highest BCUT2D eigenvalue weighted by Gasteiger charge is 2.27. The summed E-state index contributed by atoms with van der Waals surface area (Å²) in [6, 6.07) is 12.4. The van der Waals surface area contributed by atoms with Gasteiger partial charge >= 0.3 is 0 Å². The van der Waals surface area contributed by atoms with Crippen LogP contribution < -0.4 is 11.1 Å². The van der Waals surface area contributed by atoms with Gasteiger partial charge < -0.3 is 20.9 Å². The Hall–Kier alpha value is -3.52. The molecule has 7 nitrogen and oxygen atoms in total. The van der Waals surface area contributed by atoms with Crippen molar-refractivity contribution in [1.29, 1.82) is 5.41 Å². The molecule has 0 aliphatic carbocycles. The van der Waals surface area contributed by atoms with E-state index in [0.717, 1.165) is 42.2 Å². The minimum Gasteiger partial charge on any atom is -0.369 e. The van der Waals surface area contributed by atoms with Crippen LogP contribution in [0.5, 0.6) is 0 Å². The summed E-state index contributed by atoms with van der Waals surface area (Å²) in [4.78, 5) is 14.2. The summed E-state index contributed by atoms with van der Waals surface area (Å²) in [5.41, 5.74) is 8.00. The number of benzene rings is 1. The number of aromatic nitrogens is 3. The van der Waals surface area contributed by atoms with Crippen molar-refractivity contribution in [3.8, 4) is 11.4 Å². The van der Waals surface area contributed by atoms with Crippen LogP contribution in [0.4, 0.5) is 10.2 Å². The average Bonchev–Trinajstić information content (AvgIpc) is 3.46. The normalized spacial score (nSPS) is 16.2. The maximum absolute atomic E-state index is 13.6. The highest BCUT2D eigenvalue weighted by molar-refractivity contribution is 5.94. The van der Waals surface area contributed by atoms with Crippen LogP contribution in [0.2, 0.25) is 0 Å². The number of nitrogens with two attached hydrogens (primary N) is 1. The summed E-state index contributed by atoms with van der Waals surface area (Å²) in [5, 5.41) is 11.7. The number of anilines is 1. The average molecular weight is 420 g/mol. The van der Waals surface area contributed by atoms with E-state index < -0.39 is 0 Å². The molecule has 1 aliphatic rings. The van der Waals surface area contributed by atoms with Crippen LogP contribution in [0.15, 0.2) is 54.7 Å². The number of aromatic amines is 1. The van der Waals surface area contributed by atoms with Gasteiger partial charge in [-0.15, -0.1) is 0 Å². The lowest BCUT2D eigenvalue weighted by Gasteiger charge is -2.26. The van der Waals surface area contributed by atoms with E-state index in [2.05, 4.69) is 20.3 Å². The van der Waals surface area contributed by atoms with E-state index in [1.54, 1.807) is 30.5 Å². The van der Waals surface area contributed by atoms with E-state index in [-0.39, 0.29) is 11.9 Å². The van der Waals surface area contributed by atoms with Crippen LogP contribution in [0.25, 0.3) is 17.5 Å². The number of pyridine rings is 1. The highest BCUT2D eigenvalue weighted by Crippen LogP contribution is 2.32. The number of rotatable bonds is 7. The minimum absolute atomic E-state index is 0.0213. The Labute approximate surface area is 180 Å².